The molecule has 0 bridgehead atoms. The van der Waals surface area contributed by atoms with Gasteiger partial charge in [-0.2, -0.15) is 0 Å². The summed E-state index contributed by atoms with van der Waals surface area (Å²) in [6.07, 6.45) is 35.6. The molecule has 0 spiro atoms. The molecule has 0 aromatic rings. The van der Waals surface area contributed by atoms with Crippen molar-refractivity contribution in [1.82, 2.24) is 0 Å². The molecule has 41 heavy (non-hydrogen) atoms. The van der Waals surface area contributed by atoms with E-state index in [0.717, 1.165) is 51.4 Å². The van der Waals surface area contributed by atoms with Crippen LogP contribution in [-0.4, -0.2) is 22.6 Å². The van der Waals surface area contributed by atoms with Gasteiger partial charge in [-0.25, -0.2) is 0 Å². The van der Waals surface area contributed by atoms with E-state index in [4.69, 9.17) is 9.84 Å². The number of hydrogen-bond donors (Lipinski definition) is 1. The molecule has 0 aliphatic rings. The normalized spacial score (nSPS) is 11.7. The van der Waals surface area contributed by atoms with Gasteiger partial charge in [-0.1, -0.05) is 156 Å². The third-order valence-corrected chi connectivity index (χ3v) is 8.81. The number of hydrogen-bond acceptors (Lipinski definition) is 3. The second-order valence-corrected chi connectivity index (χ2v) is 12.9. The fraction of sp³-hybridized carbons (Fsp3) is 0.946. The lowest BCUT2D eigenvalue weighted by Gasteiger charge is -2.34. The van der Waals surface area contributed by atoms with Crippen molar-refractivity contribution in [3.63, 3.8) is 0 Å². The van der Waals surface area contributed by atoms with Crippen LogP contribution < -0.4 is 0 Å². The zero-order valence-corrected chi connectivity index (χ0v) is 28.1. The molecular formula is C37H72O4. The minimum absolute atomic E-state index is 0.00317. The van der Waals surface area contributed by atoms with E-state index in [9.17, 15) is 9.59 Å². The molecule has 0 fully saturated rings. The Morgan fingerprint density at radius 3 is 1.07 bits per heavy atom. The molecule has 0 heterocycles. The summed E-state index contributed by atoms with van der Waals surface area (Å²) >= 11 is 0. The van der Waals surface area contributed by atoms with Gasteiger partial charge >= 0.3 is 11.9 Å². The van der Waals surface area contributed by atoms with Crippen LogP contribution in [0.3, 0.4) is 0 Å². The topological polar surface area (TPSA) is 63.6 Å². The zero-order chi connectivity index (χ0) is 30.3. The fourth-order valence-corrected chi connectivity index (χ4v) is 6.11. The Morgan fingerprint density at radius 1 is 0.439 bits per heavy atom. The predicted octanol–water partition coefficient (Wildman–Crippen LogP) is 12.5. The number of carbonyl (C=O) groups is 2. The van der Waals surface area contributed by atoms with Gasteiger partial charge in [0, 0.05) is 12.8 Å². The molecule has 0 saturated heterocycles. The maximum Gasteiger partial charge on any atom is 0.306 e. The molecule has 4 heteroatoms. The average molecular weight is 581 g/mol. The third kappa shape index (κ3) is 27.5. The van der Waals surface area contributed by atoms with E-state index in [0.29, 0.717) is 6.42 Å². The molecule has 0 radical (unpaired) electrons. The average Bonchev–Trinajstić information content (AvgIpc) is 2.95. The monoisotopic (exact) mass is 581 g/mol. The number of rotatable bonds is 33. The second kappa shape index (κ2) is 30.4. The van der Waals surface area contributed by atoms with Gasteiger partial charge in [0.05, 0.1) is 0 Å². The summed E-state index contributed by atoms with van der Waals surface area (Å²) in [5.41, 5.74) is -0.269. The SMILES string of the molecule is CCCCCCCCCCCC(CCCCCCCC)(CCCCCCCC)OC(=O)CCCCCCCC(=O)O. The lowest BCUT2D eigenvalue weighted by molar-refractivity contribution is -0.163. The molecule has 4 nitrogen and oxygen atoms in total. The van der Waals surface area contributed by atoms with Crippen LogP contribution in [0.15, 0.2) is 0 Å². The van der Waals surface area contributed by atoms with Crippen molar-refractivity contribution in [3.05, 3.63) is 0 Å². The van der Waals surface area contributed by atoms with Gasteiger partial charge in [-0.3, -0.25) is 9.59 Å². The minimum Gasteiger partial charge on any atom is -0.481 e. The Morgan fingerprint density at radius 2 is 0.732 bits per heavy atom. The summed E-state index contributed by atoms with van der Waals surface area (Å²) in [4.78, 5) is 23.9. The van der Waals surface area contributed by atoms with Gasteiger partial charge in [0.2, 0.25) is 0 Å². The predicted molar refractivity (Wildman–Crippen MR) is 177 cm³/mol. The molecular weight excluding hydrogens is 508 g/mol. The molecule has 0 unspecified atom stereocenters. The zero-order valence-electron chi connectivity index (χ0n) is 28.1. The van der Waals surface area contributed by atoms with Gasteiger partial charge in [0.25, 0.3) is 0 Å². The van der Waals surface area contributed by atoms with Gasteiger partial charge < -0.3 is 9.84 Å². The minimum atomic E-state index is -0.715. The highest BCUT2D eigenvalue weighted by atomic mass is 16.6. The first-order valence-electron chi connectivity index (χ1n) is 18.4. The number of unbranched alkanes of at least 4 members (excludes halogenated alkanes) is 22. The maximum absolute atomic E-state index is 13.1. The number of carboxylic acids is 1. The van der Waals surface area contributed by atoms with Gasteiger partial charge in [-0.05, 0) is 51.4 Å². The third-order valence-electron chi connectivity index (χ3n) is 8.81. The van der Waals surface area contributed by atoms with Crippen molar-refractivity contribution < 1.29 is 19.4 Å². The Labute approximate surface area is 256 Å². The van der Waals surface area contributed by atoms with E-state index >= 15 is 0 Å². The number of carboxylic acid groups (broad SMARTS) is 1. The van der Waals surface area contributed by atoms with E-state index in [1.54, 1.807) is 0 Å². The highest BCUT2D eigenvalue weighted by Gasteiger charge is 2.32. The van der Waals surface area contributed by atoms with Crippen molar-refractivity contribution in [2.24, 2.45) is 0 Å². The van der Waals surface area contributed by atoms with Crippen molar-refractivity contribution in [1.29, 1.82) is 0 Å². The lowest BCUT2D eigenvalue weighted by Crippen LogP contribution is -2.35. The van der Waals surface area contributed by atoms with E-state index in [-0.39, 0.29) is 18.0 Å². The first-order valence-corrected chi connectivity index (χ1v) is 18.4. The summed E-state index contributed by atoms with van der Waals surface area (Å²) in [6.45, 7) is 6.82. The van der Waals surface area contributed by atoms with Crippen LogP contribution in [0.5, 0.6) is 0 Å². The molecule has 244 valence electrons. The van der Waals surface area contributed by atoms with Crippen LogP contribution in [0, 0.1) is 0 Å². The molecule has 0 aromatic heterocycles. The lowest BCUT2D eigenvalue weighted by atomic mass is 9.84. The van der Waals surface area contributed by atoms with E-state index in [1.807, 2.05) is 0 Å². The molecule has 0 aliphatic carbocycles. The van der Waals surface area contributed by atoms with Crippen molar-refractivity contribution in [2.45, 2.75) is 225 Å². The molecule has 0 rings (SSSR count). The summed E-state index contributed by atoms with van der Waals surface area (Å²) in [6, 6.07) is 0. The Kier molecular flexibility index (Phi) is 29.6. The van der Waals surface area contributed by atoms with Crippen molar-refractivity contribution >= 4 is 11.9 Å². The molecule has 0 amide bonds. The largest absolute Gasteiger partial charge is 0.481 e. The Hall–Kier alpha value is -1.06. The van der Waals surface area contributed by atoms with E-state index < -0.39 is 5.97 Å². The number of carbonyl (C=O) groups excluding carboxylic acids is 1. The van der Waals surface area contributed by atoms with E-state index in [1.165, 1.54) is 135 Å². The quantitative estimate of drug-likeness (QED) is 0.0619. The number of ether oxygens (including phenoxy) is 1. The second-order valence-electron chi connectivity index (χ2n) is 12.9. The van der Waals surface area contributed by atoms with Crippen LogP contribution in [-0.2, 0) is 14.3 Å². The van der Waals surface area contributed by atoms with E-state index in [2.05, 4.69) is 20.8 Å². The van der Waals surface area contributed by atoms with Crippen LogP contribution in [0.1, 0.15) is 220 Å². The number of esters is 1. The highest BCUT2D eigenvalue weighted by molar-refractivity contribution is 5.69. The molecule has 1 N–H and O–H groups in total. The van der Waals surface area contributed by atoms with Gasteiger partial charge in [-0.15, -0.1) is 0 Å². The van der Waals surface area contributed by atoms with Gasteiger partial charge in [0.15, 0.2) is 0 Å². The summed E-state index contributed by atoms with van der Waals surface area (Å²) < 4.78 is 6.51. The highest BCUT2D eigenvalue weighted by Crippen LogP contribution is 2.34. The number of aliphatic carboxylic acids is 1. The van der Waals surface area contributed by atoms with Crippen molar-refractivity contribution in [2.75, 3.05) is 0 Å². The first-order chi connectivity index (χ1) is 20.0. The molecule has 0 aromatic carbocycles. The molecule has 0 saturated carbocycles. The van der Waals surface area contributed by atoms with Crippen LogP contribution in [0.4, 0.5) is 0 Å². The smallest absolute Gasteiger partial charge is 0.306 e. The molecule has 0 atom stereocenters. The van der Waals surface area contributed by atoms with Crippen LogP contribution >= 0.6 is 0 Å². The fourth-order valence-electron chi connectivity index (χ4n) is 6.11. The summed E-state index contributed by atoms with van der Waals surface area (Å²) in [5.74, 6) is -0.712. The Bertz CT molecular complexity index is 557. The molecule has 0 aliphatic heterocycles. The van der Waals surface area contributed by atoms with Gasteiger partial charge in [0.1, 0.15) is 5.60 Å². The summed E-state index contributed by atoms with van der Waals surface area (Å²) in [5, 5.41) is 8.81. The first kappa shape index (κ1) is 39.9. The van der Waals surface area contributed by atoms with Crippen molar-refractivity contribution in [3.8, 4) is 0 Å². The Balaban J connectivity index is 4.94. The standard InChI is InChI=1S/C37H72O4/c1-4-7-10-13-16-17-18-24-29-34-37(32-27-22-14-11-8-5-2,33-28-23-15-12-9-6-3)41-36(40)31-26-21-19-20-25-30-35(38)39/h4-34H2,1-3H3,(H,38,39). The van der Waals surface area contributed by atoms with Crippen LogP contribution in [0.2, 0.25) is 0 Å². The van der Waals surface area contributed by atoms with Crippen LogP contribution in [0.25, 0.3) is 0 Å². The summed E-state index contributed by atoms with van der Waals surface area (Å²) in [7, 11) is 0. The maximum atomic E-state index is 13.1.